The number of rotatable bonds is 10. The first-order valence-electron chi connectivity index (χ1n) is 10.7. The van der Waals surface area contributed by atoms with Crippen molar-refractivity contribution in [3.05, 3.63) is 54.1 Å². The summed E-state index contributed by atoms with van der Waals surface area (Å²) >= 11 is 0. The van der Waals surface area contributed by atoms with Crippen LogP contribution in [-0.2, 0) is 26.1 Å². The van der Waals surface area contributed by atoms with Crippen LogP contribution in [0, 0.1) is 0 Å². The SMILES string of the molecule is COc1cccc(CNC(=O)C[C@H]2CC[C@@H](NS(=O)(=O)c3ccccc3OC)[C@H](CO)O2)c1. The molecule has 2 aromatic carbocycles. The van der Waals surface area contributed by atoms with Gasteiger partial charge in [-0.2, -0.15) is 0 Å². The van der Waals surface area contributed by atoms with Gasteiger partial charge in [0.05, 0.1) is 45.5 Å². The Hall–Kier alpha value is -2.66. The molecule has 1 aliphatic heterocycles. The highest BCUT2D eigenvalue weighted by Gasteiger charge is 2.35. The zero-order valence-electron chi connectivity index (χ0n) is 18.7. The average molecular weight is 479 g/mol. The third kappa shape index (κ3) is 6.67. The molecule has 3 atom stereocenters. The van der Waals surface area contributed by atoms with Crippen molar-refractivity contribution in [2.45, 2.75) is 49.0 Å². The van der Waals surface area contributed by atoms with Gasteiger partial charge in [0.25, 0.3) is 0 Å². The number of para-hydroxylation sites is 1. The second-order valence-corrected chi connectivity index (χ2v) is 9.45. The van der Waals surface area contributed by atoms with Crippen molar-refractivity contribution in [3.8, 4) is 11.5 Å². The van der Waals surface area contributed by atoms with Crippen LogP contribution in [0.2, 0.25) is 0 Å². The van der Waals surface area contributed by atoms with Gasteiger partial charge in [-0.25, -0.2) is 13.1 Å². The molecule has 1 aliphatic rings. The summed E-state index contributed by atoms with van der Waals surface area (Å²) in [6, 6.07) is 13.1. The summed E-state index contributed by atoms with van der Waals surface area (Å²) in [4.78, 5) is 12.4. The van der Waals surface area contributed by atoms with Gasteiger partial charge in [0.2, 0.25) is 15.9 Å². The monoisotopic (exact) mass is 478 g/mol. The second-order valence-electron chi connectivity index (χ2n) is 7.77. The van der Waals surface area contributed by atoms with E-state index in [0.717, 1.165) is 5.56 Å². The van der Waals surface area contributed by atoms with E-state index in [9.17, 15) is 18.3 Å². The van der Waals surface area contributed by atoms with Crippen molar-refractivity contribution in [2.75, 3.05) is 20.8 Å². The Kier molecular flexibility index (Phi) is 8.67. The second kappa shape index (κ2) is 11.5. The molecule has 1 heterocycles. The predicted molar refractivity (Wildman–Crippen MR) is 122 cm³/mol. The number of hydrogen-bond acceptors (Lipinski definition) is 7. The first kappa shape index (κ1) is 25.0. The smallest absolute Gasteiger partial charge is 0.244 e. The van der Waals surface area contributed by atoms with Gasteiger partial charge >= 0.3 is 0 Å². The van der Waals surface area contributed by atoms with Gasteiger partial charge < -0.3 is 24.6 Å². The molecule has 0 saturated carbocycles. The summed E-state index contributed by atoms with van der Waals surface area (Å²) in [7, 11) is -0.903. The quantitative estimate of drug-likeness (QED) is 0.474. The summed E-state index contributed by atoms with van der Waals surface area (Å²) in [5.41, 5.74) is 0.909. The van der Waals surface area contributed by atoms with Crippen molar-refractivity contribution in [1.82, 2.24) is 10.0 Å². The fourth-order valence-corrected chi connectivity index (χ4v) is 5.25. The zero-order valence-corrected chi connectivity index (χ0v) is 19.5. The highest BCUT2D eigenvalue weighted by atomic mass is 32.2. The summed E-state index contributed by atoms with van der Waals surface area (Å²) in [6.07, 6.45) is -0.166. The van der Waals surface area contributed by atoms with Crippen molar-refractivity contribution in [2.24, 2.45) is 0 Å². The molecule has 1 fully saturated rings. The van der Waals surface area contributed by atoms with Gasteiger partial charge in [-0.1, -0.05) is 24.3 Å². The fourth-order valence-electron chi connectivity index (χ4n) is 3.78. The number of hydrogen-bond donors (Lipinski definition) is 3. The lowest BCUT2D eigenvalue weighted by molar-refractivity contribution is -0.130. The Morgan fingerprint density at radius 2 is 1.91 bits per heavy atom. The normalized spacial score (nSPS) is 20.8. The number of ether oxygens (including phenoxy) is 3. The molecule has 0 radical (unpaired) electrons. The molecule has 1 saturated heterocycles. The number of aliphatic hydroxyl groups excluding tert-OH is 1. The van der Waals surface area contributed by atoms with E-state index >= 15 is 0 Å². The minimum absolute atomic E-state index is 0.0169. The predicted octanol–water partition coefficient (Wildman–Crippen LogP) is 1.60. The van der Waals surface area contributed by atoms with E-state index in [0.29, 0.717) is 25.1 Å². The Morgan fingerprint density at radius 3 is 2.64 bits per heavy atom. The van der Waals surface area contributed by atoms with Crippen LogP contribution < -0.4 is 19.5 Å². The van der Waals surface area contributed by atoms with Crippen molar-refractivity contribution in [3.63, 3.8) is 0 Å². The summed E-state index contributed by atoms with van der Waals surface area (Å²) in [5, 5.41) is 12.6. The first-order valence-corrected chi connectivity index (χ1v) is 12.2. The Balaban J connectivity index is 1.55. The van der Waals surface area contributed by atoms with Crippen LogP contribution in [0.25, 0.3) is 0 Å². The van der Waals surface area contributed by atoms with Gasteiger partial charge in [-0.3, -0.25) is 4.79 Å². The lowest BCUT2D eigenvalue weighted by Gasteiger charge is -2.35. The molecule has 0 bridgehead atoms. The van der Waals surface area contributed by atoms with Gasteiger partial charge in [-0.05, 0) is 42.7 Å². The van der Waals surface area contributed by atoms with E-state index in [1.165, 1.54) is 13.2 Å². The molecule has 1 amide bonds. The van der Waals surface area contributed by atoms with Crippen LogP contribution in [0.3, 0.4) is 0 Å². The maximum atomic E-state index is 12.9. The van der Waals surface area contributed by atoms with E-state index in [1.807, 2.05) is 24.3 Å². The minimum atomic E-state index is -3.89. The third-order valence-corrected chi connectivity index (χ3v) is 7.03. The summed E-state index contributed by atoms with van der Waals surface area (Å²) in [5.74, 6) is 0.755. The number of amides is 1. The molecular formula is C23H30N2O7S. The van der Waals surface area contributed by atoms with Crippen LogP contribution in [0.15, 0.2) is 53.4 Å². The van der Waals surface area contributed by atoms with Gasteiger partial charge in [0.15, 0.2) is 0 Å². The number of nitrogens with one attached hydrogen (secondary N) is 2. The topological polar surface area (TPSA) is 123 Å². The molecule has 180 valence electrons. The molecule has 2 aromatic rings. The number of aliphatic hydroxyl groups is 1. The maximum absolute atomic E-state index is 12.9. The summed E-state index contributed by atoms with van der Waals surface area (Å²) < 4.78 is 44.5. The van der Waals surface area contributed by atoms with E-state index in [1.54, 1.807) is 25.3 Å². The molecule has 3 rings (SSSR count). The number of carbonyl (C=O) groups is 1. The summed E-state index contributed by atoms with van der Waals surface area (Å²) in [6.45, 7) is -0.0193. The molecular weight excluding hydrogens is 448 g/mol. The Bertz CT molecular complexity index is 1040. The van der Waals surface area contributed by atoms with Crippen LogP contribution in [-0.4, -0.2) is 58.5 Å². The van der Waals surface area contributed by atoms with Gasteiger partial charge in [-0.15, -0.1) is 0 Å². The highest BCUT2D eigenvalue weighted by molar-refractivity contribution is 7.89. The largest absolute Gasteiger partial charge is 0.497 e. The van der Waals surface area contributed by atoms with Crippen molar-refractivity contribution < 1.29 is 32.5 Å². The van der Waals surface area contributed by atoms with E-state index < -0.39 is 28.3 Å². The lowest BCUT2D eigenvalue weighted by atomic mass is 9.98. The van der Waals surface area contributed by atoms with E-state index in [-0.39, 0.29) is 29.6 Å². The number of carbonyl (C=O) groups excluding carboxylic acids is 1. The zero-order chi connectivity index (χ0) is 23.8. The van der Waals surface area contributed by atoms with Gasteiger partial charge in [0.1, 0.15) is 16.4 Å². The molecule has 0 aliphatic carbocycles. The van der Waals surface area contributed by atoms with Crippen LogP contribution in [0.5, 0.6) is 11.5 Å². The Morgan fingerprint density at radius 1 is 1.12 bits per heavy atom. The standard InChI is InChI=1S/C23H30N2O7S/c1-30-17-7-5-6-16(12-17)14-24-23(27)13-18-10-11-19(21(15-26)32-18)25-33(28,29)22-9-4-3-8-20(22)31-2/h3-9,12,18-19,21,25-26H,10-11,13-15H2,1-2H3,(H,24,27)/t18-,19-,21+/m1/s1. The number of sulfonamides is 1. The Labute approximate surface area is 194 Å². The molecule has 10 heteroatoms. The third-order valence-electron chi connectivity index (χ3n) is 5.50. The number of benzene rings is 2. The van der Waals surface area contributed by atoms with Crippen molar-refractivity contribution in [1.29, 1.82) is 0 Å². The molecule has 0 unspecified atom stereocenters. The first-order chi connectivity index (χ1) is 15.9. The van der Waals surface area contributed by atoms with Gasteiger partial charge in [0, 0.05) is 6.54 Å². The maximum Gasteiger partial charge on any atom is 0.244 e. The van der Waals surface area contributed by atoms with E-state index in [4.69, 9.17) is 14.2 Å². The highest BCUT2D eigenvalue weighted by Crippen LogP contribution is 2.27. The average Bonchev–Trinajstić information content (AvgIpc) is 2.83. The molecule has 33 heavy (non-hydrogen) atoms. The molecule has 9 nitrogen and oxygen atoms in total. The van der Waals surface area contributed by atoms with E-state index in [2.05, 4.69) is 10.0 Å². The minimum Gasteiger partial charge on any atom is -0.497 e. The molecule has 0 aromatic heterocycles. The molecule has 0 spiro atoms. The van der Waals surface area contributed by atoms with Crippen LogP contribution in [0.1, 0.15) is 24.8 Å². The van der Waals surface area contributed by atoms with Crippen LogP contribution in [0.4, 0.5) is 0 Å². The lowest BCUT2D eigenvalue weighted by Crippen LogP contribution is -2.51. The number of methoxy groups -OCH3 is 2. The molecule has 3 N–H and O–H groups in total. The fraction of sp³-hybridized carbons (Fsp3) is 0.435. The van der Waals surface area contributed by atoms with Crippen LogP contribution >= 0.6 is 0 Å². The van der Waals surface area contributed by atoms with Crippen molar-refractivity contribution >= 4 is 15.9 Å².